The molecule has 6 nitrogen and oxygen atoms in total. The van der Waals surface area contributed by atoms with Crippen molar-refractivity contribution in [3.05, 3.63) is 41.2 Å². The number of phenolic OH excluding ortho intramolecular Hbond substituents is 2. The molecule has 0 radical (unpaired) electrons. The van der Waals surface area contributed by atoms with E-state index in [-0.39, 0.29) is 17.1 Å². The first kappa shape index (κ1) is 12.9. The van der Waals surface area contributed by atoms with E-state index in [1.165, 1.54) is 18.2 Å². The molecule has 100 valence electrons. The van der Waals surface area contributed by atoms with Gasteiger partial charge < -0.3 is 15.5 Å². The second-order valence-electron chi connectivity index (χ2n) is 4.26. The van der Waals surface area contributed by atoms with Gasteiger partial charge in [-0.15, -0.1) is 0 Å². The lowest BCUT2D eigenvalue weighted by Crippen LogP contribution is -2.23. The summed E-state index contributed by atoms with van der Waals surface area (Å²) in [6.07, 6.45) is 1.68. The summed E-state index contributed by atoms with van der Waals surface area (Å²) in [6.45, 7) is 2.22. The van der Waals surface area contributed by atoms with Crippen molar-refractivity contribution in [1.82, 2.24) is 15.1 Å². The Labute approximate surface area is 110 Å². The lowest BCUT2D eigenvalue weighted by Gasteiger charge is -2.07. The SMILES string of the molecule is Cc1c(CNC(=O)c2cc(O)ccc2O)cnn1C. The zero-order valence-corrected chi connectivity index (χ0v) is 10.7. The zero-order chi connectivity index (χ0) is 14.0. The number of aromatic nitrogens is 2. The van der Waals surface area contributed by atoms with Crippen molar-refractivity contribution in [3.63, 3.8) is 0 Å². The normalized spacial score (nSPS) is 10.4. The number of phenols is 2. The summed E-state index contributed by atoms with van der Waals surface area (Å²) < 4.78 is 1.72. The van der Waals surface area contributed by atoms with E-state index in [4.69, 9.17) is 0 Å². The van der Waals surface area contributed by atoms with Gasteiger partial charge in [0.15, 0.2) is 0 Å². The van der Waals surface area contributed by atoms with E-state index >= 15 is 0 Å². The molecule has 0 fully saturated rings. The Morgan fingerprint density at radius 2 is 2.16 bits per heavy atom. The first-order chi connectivity index (χ1) is 8.99. The molecule has 0 saturated carbocycles. The molecule has 1 heterocycles. The molecule has 0 unspecified atom stereocenters. The van der Waals surface area contributed by atoms with Crippen molar-refractivity contribution in [3.8, 4) is 11.5 Å². The van der Waals surface area contributed by atoms with Gasteiger partial charge in [-0.05, 0) is 25.1 Å². The van der Waals surface area contributed by atoms with Crippen LogP contribution in [0.3, 0.4) is 0 Å². The molecule has 6 heteroatoms. The number of benzene rings is 1. The third-order valence-electron chi connectivity index (χ3n) is 3.00. The summed E-state index contributed by atoms with van der Waals surface area (Å²) in [4.78, 5) is 11.9. The van der Waals surface area contributed by atoms with Crippen LogP contribution in [0.2, 0.25) is 0 Å². The molecule has 1 aromatic heterocycles. The van der Waals surface area contributed by atoms with Crippen LogP contribution in [0.25, 0.3) is 0 Å². The third kappa shape index (κ3) is 2.67. The molecule has 1 aromatic carbocycles. The van der Waals surface area contributed by atoms with Crippen molar-refractivity contribution < 1.29 is 15.0 Å². The molecule has 1 amide bonds. The monoisotopic (exact) mass is 261 g/mol. The maximum Gasteiger partial charge on any atom is 0.255 e. The van der Waals surface area contributed by atoms with E-state index in [0.29, 0.717) is 6.54 Å². The van der Waals surface area contributed by atoms with E-state index in [0.717, 1.165) is 11.3 Å². The van der Waals surface area contributed by atoms with Crippen molar-refractivity contribution in [2.75, 3.05) is 0 Å². The average molecular weight is 261 g/mol. The minimum Gasteiger partial charge on any atom is -0.508 e. The molecule has 0 aliphatic carbocycles. The van der Waals surface area contributed by atoms with Crippen molar-refractivity contribution >= 4 is 5.91 Å². The maximum atomic E-state index is 11.9. The number of amides is 1. The van der Waals surface area contributed by atoms with Crippen LogP contribution < -0.4 is 5.32 Å². The highest BCUT2D eigenvalue weighted by Crippen LogP contribution is 2.21. The molecular weight excluding hydrogens is 246 g/mol. The fraction of sp³-hybridized carbons (Fsp3) is 0.231. The Hall–Kier alpha value is -2.50. The minimum absolute atomic E-state index is 0.0431. The Morgan fingerprint density at radius 1 is 1.42 bits per heavy atom. The topological polar surface area (TPSA) is 87.4 Å². The van der Waals surface area contributed by atoms with Gasteiger partial charge in [-0.2, -0.15) is 5.10 Å². The molecule has 3 N–H and O–H groups in total. The van der Waals surface area contributed by atoms with E-state index in [2.05, 4.69) is 10.4 Å². The minimum atomic E-state index is -0.448. The highest BCUT2D eigenvalue weighted by atomic mass is 16.3. The van der Waals surface area contributed by atoms with Gasteiger partial charge in [0.1, 0.15) is 11.5 Å². The molecule has 0 saturated heterocycles. The molecule has 0 bridgehead atoms. The van der Waals surface area contributed by atoms with Crippen LogP contribution in [-0.4, -0.2) is 25.9 Å². The Bertz CT molecular complexity index is 620. The van der Waals surface area contributed by atoms with E-state index in [1.54, 1.807) is 10.9 Å². The third-order valence-corrected chi connectivity index (χ3v) is 3.00. The molecule has 0 aliphatic heterocycles. The Morgan fingerprint density at radius 3 is 2.79 bits per heavy atom. The second kappa shape index (κ2) is 5.01. The number of carbonyl (C=O) groups is 1. The number of aromatic hydroxyl groups is 2. The second-order valence-corrected chi connectivity index (χ2v) is 4.26. The number of nitrogens with zero attached hydrogens (tertiary/aromatic N) is 2. The fourth-order valence-electron chi connectivity index (χ4n) is 1.69. The van der Waals surface area contributed by atoms with Gasteiger partial charge in [-0.3, -0.25) is 9.48 Å². The van der Waals surface area contributed by atoms with Crippen LogP contribution >= 0.6 is 0 Å². The summed E-state index contributed by atoms with van der Waals surface area (Å²) in [7, 11) is 1.82. The molecule has 2 rings (SSSR count). The highest BCUT2D eigenvalue weighted by Gasteiger charge is 2.12. The Balaban J connectivity index is 2.09. The van der Waals surface area contributed by atoms with Crippen molar-refractivity contribution in [2.45, 2.75) is 13.5 Å². The first-order valence-corrected chi connectivity index (χ1v) is 5.76. The summed E-state index contributed by atoms with van der Waals surface area (Å²) in [5.41, 5.74) is 1.90. The van der Waals surface area contributed by atoms with E-state index < -0.39 is 5.91 Å². The molecule has 0 aliphatic rings. The summed E-state index contributed by atoms with van der Waals surface area (Å²) >= 11 is 0. The number of hydrogen-bond acceptors (Lipinski definition) is 4. The van der Waals surface area contributed by atoms with E-state index in [1.807, 2.05) is 14.0 Å². The van der Waals surface area contributed by atoms with Crippen LogP contribution in [0.5, 0.6) is 11.5 Å². The predicted molar refractivity (Wildman–Crippen MR) is 68.9 cm³/mol. The number of aryl methyl sites for hydroxylation is 1. The maximum absolute atomic E-state index is 11.9. The van der Waals surface area contributed by atoms with Gasteiger partial charge in [-0.25, -0.2) is 0 Å². The van der Waals surface area contributed by atoms with Crippen LogP contribution in [-0.2, 0) is 13.6 Å². The summed E-state index contributed by atoms with van der Waals surface area (Å²) in [6, 6.07) is 3.82. The number of carbonyl (C=O) groups excluding carboxylic acids is 1. The molecule has 19 heavy (non-hydrogen) atoms. The summed E-state index contributed by atoms with van der Waals surface area (Å²) in [5.74, 6) is -0.685. The lowest BCUT2D eigenvalue weighted by molar-refractivity contribution is 0.0948. The van der Waals surface area contributed by atoms with Crippen LogP contribution in [0.4, 0.5) is 0 Å². The van der Waals surface area contributed by atoms with Crippen LogP contribution in [0.1, 0.15) is 21.6 Å². The predicted octanol–water partition coefficient (Wildman–Crippen LogP) is 1.07. The van der Waals surface area contributed by atoms with Crippen molar-refractivity contribution in [2.24, 2.45) is 7.05 Å². The lowest BCUT2D eigenvalue weighted by atomic mass is 10.1. The average Bonchev–Trinajstić information content (AvgIpc) is 2.70. The quantitative estimate of drug-likeness (QED) is 0.721. The van der Waals surface area contributed by atoms with Gasteiger partial charge in [-0.1, -0.05) is 0 Å². The highest BCUT2D eigenvalue weighted by molar-refractivity contribution is 5.97. The van der Waals surface area contributed by atoms with Gasteiger partial charge in [0.05, 0.1) is 11.8 Å². The number of rotatable bonds is 3. The van der Waals surface area contributed by atoms with Crippen LogP contribution in [0.15, 0.2) is 24.4 Å². The zero-order valence-electron chi connectivity index (χ0n) is 10.7. The number of hydrogen-bond donors (Lipinski definition) is 3. The first-order valence-electron chi connectivity index (χ1n) is 5.76. The molecular formula is C13H15N3O3. The van der Waals surface area contributed by atoms with Crippen LogP contribution in [0, 0.1) is 6.92 Å². The summed E-state index contributed by atoms with van der Waals surface area (Å²) in [5, 5.41) is 25.6. The van der Waals surface area contributed by atoms with Gasteiger partial charge in [0, 0.05) is 24.8 Å². The smallest absolute Gasteiger partial charge is 0.255 e. The molecule has 0 atom stereocenters. The number of nitrogens with one attached hydrogen (secondary N) is 1. The largest absolute Gasteiger partial charge is 0.508 e. The van der Waals surface area contributed by atoms with Gasteiger partial charge in [0.25, 0.3) is 5.91 Å². The molecule has 0 spiro atoms. The standard InChI is InChI=1S/C13H15N3O3/c1-8-9(7-15-16(8)2)6-14-13(19)11-5-10(17)3-4-12(11)18/h3-5,7,17-18H,6H2,1-2H3,(H,14,19). The molecule has 2 aromatic rings. The Kier molecular flexibility index (Phi) is 3.41. The van der Waals surface area contributed by atoms with E-state index in [9.17, 15) is 15.0 Å². The van der Waals surface area contributed by atoms with Gasteiger partial charge in [0.2, 0.25) is 0 Å². The van der Waals surface area contributed by atoms with Crippen molar-refractivity contribution in [1.29, 1.82) is 0 Å². The fourth-order valence-corrected chi connectivity index (χ4v) is 1.69. The van der Waals surface area contributed by atoms with Gasteiger partial charge >= 0.3 is 0 Å².